The zero-order valence-corrected chi connectivity index (χ0v) is 10.8. The minimum atomic E-state index is -1.03. The topological polar surface area (TPSA) is 66.8 Å². The van der Waals surface area contributed by atoms with Crippen LogP contribution in [0.25, 0.3) is 0 Å². The van der Waals surface area contributed by atoms with Crippen molar-refractivity contribution in [1.29, 1.82) is 0 Å². The summed E-state index contributed by atoms with van der Waals surface area (Å²) in [4.78, 5) is 24.5. The molecule has 0 aliphatic heterocycles. The summed E-state index contributed by atoms with van der Waals surface area (Å²) < 4.78 is 4.90. The molecule has 0 bridgehead atoms. The van der Waals surface area contributed by atoms with Crippen molar-refractivity contribution in [1.82, 2.24) is 4.90 Å². The first-order valence-electron chi connectivity index (χ1n) is 5.55. The SMILES string of the molecule is COCCN(C)C(=O)c1cc(C)cc(C(=O)O)c1. The van der Waals surface area contributed by atoms with Gasteiger partial charge in [-0.25, -0.2) is 4.79 Å². The second-order valence-corrected chi connectivity index (χ2v) is 4.11. The van der Waals surface area contributed by atoms with Crippen molar-refractivity contribution in [2.75, 3.05) is 27.3 Å². The third-order valence-corrected chi connectivity index (χ3v) is 2.55. The monoisotopic (exact) mass is 251 g/mol. The molecule has 18 heavy (non-hydrogen) atoms. The number of benzene rings is 1. The molecule has 1 N–H and O–H groups in total. The molecular formula is C13H17NO4. The van der Waals surface area contributed by atoms with Crippen molar-refractivity contribution in [3.63, 3.8) is 0 Å². The number of rotatable bonds is 5. The molecular weight excluding hydrogens is 234 g/mol. The molecule has 98 valence electrons. The minimum absolute atomic E-state index is 0.124. The maximum atomic E-state index is 12.1. The van der Waals surface area contributed by atoms with Crippen molar-refractivity contribution in [3.8, 4) is 0 Å². The van der Waals surface area contributed by atoms with Crippen molar-refractivity contribution in [3.05, 3.63) is 34.9 Å². The lowest BCUT2D eigenvalue weighted by Crippen LogP contribution is -2.30. The Labute approximate surface area is 106 Å². The summed E-state index contributed by atoms with van der Waals surface area (Å²) >= 11 is 0. The number of hydrogen-bond acceptors (Lipinski definition) is 3. The predicted molar refractivity (Wildman–Crippen MR) is 67.0 cm³/mol. The van der Waals surface area contributed by atoms with Crippen LogP contribution in [-0.2, 0) is 4.74 Å². The molecule has 0 aliphatic carbocycles. The van der Waals surface area contributed by atoms with Crippen LogP contribution >= 0.6 is 0 Å². The average molecular weight is 251 g/mol. The van der Waals surface area contributed by atoms with Crippen molar-refractivity contribution in [2.24, 2.45) is 0 Å². The van der Waals surface area contributed by atoms with E-state index in [0.29, 0.717) is 18.7 Å². The normalized spacial score (nSPS) is 10.2. The van der Waals surface area contributed by atoms with E-state index in [2.05, 4.69) is 0 Å². The van der Waals surface area contributed by atoms with Crippen LogP contribution in [-0.4, -0.2) is 49.2 Å². The smallest absolute Gasteiger partial charge is 0.335 e. The number of likely N-dealkylation sites (N-methyl/N-ethyl adjacent to an activating group) is 1. The molecule has 1 rings (SSSR count). The molecule has 0 radical (unpaired) electrons. The second-order valence-electron chi connectivity index (χ2n) is 4.11. The van der Waals surface area contributed by atoms with Gasteiger partial charge in [0.2, 0.25) is 0 Å². The maximum absolute atomic E-state index is 12.1. The van der Waals surface area contributed by atoms with Crippen molar-refractivity contribution < 1.29 is 19.4 Å². The zero-order valence-electron chi connectivity index (χ0n) is 10.8. The van der Waals surface area contributed by atoms with Crippen molar-refractivity contribution >= 4 is 11.9 Å². The summed E-state index contributed by atoms with van der Waals surface area (Å²) in [5, 5.41) is 8.95. The highest BCUT2D eigenvalue weighted by molar-refractivity contribution is 5.97. The first kappa shape index (κ1) is 14.2. The lowest BCUT2D eigenvalue weighted by molar-refractivity contribution is 0.0696. The van der Waals surface area contributed by atoms with E-state index in [4.69, 9.17) is 9.84 Å². The first-order chi connectivity index (χ1) is 8.45. The predicted octanol–water partition coefficient (Wildman–Crippen LogP) is 1.41. The average Bonchev–Trinajstić information content (AvgIpc) is 2.34. The number of amides is 1. The summed E-state index contributed by atoms with van der Waals surface area (Å²) in [7, 11) is 3.22. The van der Waals surface area contributed by atoms with Gasteiger partial charge < -0.3 is 14.7 Å². The van der Waals surface area contributed by atoms with E-state index in [-0.39, 0.29) is 11.5 Å². The highest BCUT2D eigenvalue weighted by Gasteiger charge is 2.14. The highest BCUT2D eigenvalue weighted by Crippen LogP contribution is 2.12. The molecule has 0 saturated carbocycles. The molecule has 0 fully saturated rings. The number of ether oxygens (including phenoxy) is 1. The van der Waals surface area contributed by atoms with Crippen LogP contribution in [0.1, 0.15) is 26.3 Å². The standard InChI is InChI=1S/C13H17NO4/c1-9-6-10(8-11(7-9)13(16)17)12(15)14(2)4-5-18-3/h6-8H,4-5H2,1-3H3,(H,16,17). The molecule has 0 atom stereocenters. The number of methoxy groups -OCH3 is 1. The van der Waals surface area contributed by atoms with Crippen LogP contribution in [0.15, 0.2) is 18.2 Å². The van der Waals surface area contributed by atoms with Gasteiger partial charge >= 0.3 is 5.97 Å². The van der Waals surface area contributed by atoms with Gasteiger partial charge in [-0.15, -0.1) is 0 Å². The van der Waals surface area contributed by atoms with Gasteiger partial charge in [0.25, 0.3) is 5.91 Å². The number of nitrogens with zero attached hydrogens (tertiary/aromatic N) is 1. The molecule has 5 heteroatoms. The number of hydrogen-bond donors (Lipinski definition) is 1. The fourth-order valence-electron chi connectivity index (χ4n) is 1.58. The van der Waals surface area contributed by atoms with E-state index in [1.165, 1.54) is 17.0 Å². The lowest BCUT2D eigenvalue weighted by atomic mass is 10.1. The third-order valence-electron chi connectivity index (χ3n) is 2.55. The van der Waals surface area contributed by atoms with Crippen LogP contribution in [0, 0.1) is 6.92 Å². The van der Waals surface area contributed by atoms with Gasteiger partial charge in [-0.1, -0.05) is 0 Å². The molecule has 0 aromatic heterocycles. The summed E-state index contributed by atoms with van der Waals surface area (Å²) in [6, 6.07) is 4.60. The van der Waals surface area contributed by atoms with E-state index >= 15 is 0 Å². The molecule has 1 aromatic carbocycles. The third kappa shape index (κ3) is 3.56. The Morgan fingerprint density at radius 2 is 1.89 bits per heavy atom. The van der Waals surface area contributed by atoms with Gasteiger partial charge in [0, 0.05) is 26.3 Å². The van der Waals surface area contributed by atoms with Gasteiger partial charge in [0.05, 0.1) is 12.2 Å². The highest BCUT2D eigenvalue weighted by atomic mass is 16.5. The fourth-order valence-corrected chi connectivity index (χ4v) is 1.58. The van der Waals surface area contributed by atoms with E-state index in [9.17, 15) is 9.59 Å². The van der Waals surface area contributed by atoms with Gasteiger partial charge in [0.1, 0.15) is 0 Å². The number of aromatic carboxylic acids is 1. The van der Waals surface area contributed by atoms with E-state index < -0.39 is 5.97 Å². The maximum Gasteiger partial charge on any atom is 0.335 e. The first-order valence-corrected chi connectivity index (χ1v) is 5.55. The molecule has 0 saturated heterocycles. The molecule has 0 unspecified atom stereocenters. The molecule has 0 aliphatic rings. The molecule has 1 aromatic rings. The lowest BCUT2D eigenvalue weighted by Gasteiger charge is -2.17. The fraction of sp³-hybridized carbons (Fsp3) is 0.385. The van der Waals surface area contributed by atoms with Crippen LogP contribution < -0.4 is 0 Å². The Kier molecular flexibility index (Phi) is 4.85. The zero-order chi connectivity index (χ0) is 13.7. The van der Waals surface area contributed by atoms with Crippen LogP contribution in [0.2, 0.25) is 0 Å². The largest absolute Gasteiger partial charge is 0.478 e. The van der Waals surface area contributed by atoms with E-state index in [0.717, 1.165) is 5.56 Å². The molecule has 0 spiro atoms. The van der Waals surface area contributed by atoms with Crippen LogP contribution in [0.3, 0.4) is 0 Å². The number of carboxylic acids is 1. The van der Waals surface area contributed by atoms with Gasteiger partial charge in [0.15, 0.2) is 0 Å². The van der Waals surface area contributed by atoms with Crippen LogP contribution in [0.4, 0.5) is 0 Å². The van der Waals surface area contributed by atoms with Gasteiger partial charge in [-0.05, 0) is 30.7 Å². The van der Waals surface area contributed by atoms with Crippen LogP contribution in [0.5, 0.6) is 0 Å². The van der Waals surface area contributed by atoms with Gasteiger partial charge in [-0.3, -0.25) is 4.79 Å². The summed E-state index contributed by atoms with van der Waals surface area (Å²) in [6.45, 7) is 2.67. The van der Waals surface area contributed by atoms with Gasteiger partial charge in [-0.2, -0.15) is 0 Å². The number of carbonyl (C=O) groups is 2. The molecule has 1 amide bonds. The number of carboxylic acid groups (broad SMARTS) is 1. The second kappa shape index (κ2) is 6.16. The Bertz CT molecular complexity index is 456. The Morgan fingerprint density at radius 1 is 1.28 bits per heavy atom. The Morgan fingerprint density at radius 3 is 2.44 bits per heavy atom. The number of carbonyl (C=O) groups excluding carboxylic acids is 1. The summed E-state index contributed by atoms with van der Waals surface area (Å²) in [5.74, 6) is -1.24. The Hall–Kier alpha value is -1.88. The summed E-state index contributed by atoms with van der Waals surface area (Å²) in [6.07, 6.45) is 0. The molecule has 0 heterocycles. The molecule has 5 nitrogen and oxygen atoms in total. The summed E-state index contributed by atoms with van der Waals surface area (Å²) in [5.41, 5.74) is 1.25. The quantitative estimate of drug-likeness (QED) is 0.859. The van der Waals surface area contributed by atoms with E-state index in [1.807, 2.05) is 0 Å². The van der Waals surface area contributed by atoms with Crippen molar-refractivity contribution in [2.45, 2.75) is 6.92 Å². The minimum Gasteiger partial charge on any atom is -0.478 e. The van der Waals surface area contributed by atoms with E-state index in [1.54, 1.807) is 27.1 Å². The Balaban J connectivity index is 2.95. The number of aryl methyl sites for hydroxylation is 1.